The third-order valence-electron chi connectivity index (χ3n) is 6.93. The summed E-state index contributed by atoms with van der Waals surface area (Å²) in [6.07, 6.45) is 1.15. The fraction of sp³-hybridized carbons (Fsp3) is 0.321. The number of azide groups is 1. The summed E-state index contributed by atoms with van der Waals surface area (Å²) >= 11 is 0. The van der Waals surface area contributed by atoms with E-state index in [-0.39, 0.29) is 32.2 Å². The highest BCUT2D eigenvalue weighted by atomic mass is 16.4. The average Bonchev–Trinajstić information content (AvgIpc) is 3.38. The van der Waals surface area contributed by atoms with Crippen molar-refractivity contribution < 1.29 is 29.1 Å². The van der Waals surface area contributed by atoms with Crippen LogP contribution in [0.4, 0.5) is 0 Å². The standard InChI is InChI=1S/C28H30N8O6/c29-36-32-15-23-27(40)35-22(11-18-14-30-20-8-4-3-7-19(18)20)26(39)34-21(28(41)42)9-10-24(37)31-13-17-6-2-1-5-16(17)12-25(38)33-23/h1-8,14,21-23,30H,9-13,15H2,(H,31,37)(H,33,38)(H,34,39)(H,35,40)(H,41,42)/t21-,22-,23+/m0/s1. The number of nitrogens with one attached hydrogen (secondary N) is 5. The molecule has 0 saturated carbocycles. The fourth-order valence-electron chi connectivity index (χ4n) is 4.72. The summed E-state index contributed by atoms with van der Waals surface area (Å²) in [7, 11) is 0. The van der Waals surface area contributed by atoms with E-state index in [1.165, 1.54) is 0 Å². The molecule has 0 aliphatic carbocycles. The number of aromatic nitrogens is 1. The van der Waals surface area contributed by atoms with Gasteiger partial charge in [0.1, 0.15) is 18.1 Å². The smallest absolute Gasteiger partial charge is 0.326 e. The molecule has 0 saturated heterocycles. The van der Waals surface area contributed by atoms with Crippen molar-refractivity contribution in [2.75, 3.05) is 6.54 Å². The largest absolute Gasteiger partial charge is 0.480 e. The Labute approximate surface area is 239 Å². The lowest BCUT2D eigenvalue weighted by Crippen LogP contribution is -2.57. The summed E-state index contributed by atoms with van der Waals surface area (Å²) in [5.41, 5.74) is 11.6. The third kappa shape index (κ3) is 7.64. The van der Waals surface area contributed by atoms with E-state index >= 15 is 0 Å². The Hall–Kier alpha value is -5.36. The lowest BCUT2D eigenvalue weighted by Gasteiger charge is -2.24. The van der Waals surface area contributed by atoms with Gasteiger partial charge in [-0.1, -0.05) is 47.6 Å². The molecule has 2 heterocycles. The van der Waals surface area contributed by atoms with Gasteiger partial charge in [0.25, 0.3) is 0 Å². The fourth-order valence-corrected chi connectivity index (χ4v) is 4.72. The second kappa shape index (κ2) is 13.8. The van der Waals surface area contributed by atoms with Crippen LogP contribution in [-0.4, -0.2) is 64.4 Å². The van der Waals surface area contributed by atoms with E-state index in [1.54, 1.807) is 30.5 Å². The van der Waals surface area contributed by atoms with Gasteiger partial charge in [-0.05, 0) is 34.7 Å². The number of aromatic amines is 1. The lowest BCUT2D eigenvalue weighted by molar-refractivity contribution is -0.142. The van der Waals surface area contributed by atoms with Gasteiger partial charge in [-0.3, -0.25) is 19.2 Å². The number of amides is 4. The molecule has 6 N–H and O–H groups in total. The van der Waals surface area contributed by atoms with Gasteiger partial charge in [-0.15, -0.1) is 0 Å². The predicted molar refractivity (Wildman–Crippen MR) is 151 cm³/mol. The van der Waals surface area contributed by atoms with Gasteiger partial charge in [0.05, 0.1) is 13.0 Å². The SMILES string of the molecule is [N-]=[N+]=NC[C@H]1NC(=O)Cc2ccccc2CNC(=O)CC[C@@H](C(=O)O)NC(=O)[C@H](Cc2c[nH]c3ccccc23)NC1=O. The summed E-state index contributed by atoms with van der Waals surface area (Å²) in [6, 6.07) is 10.2. The maximum Gasteiger partial charge on any atom is 0.326 e. The summed E-state index contributed by atoms with van der Waals surface area (Å²) in [4.78, 5) is 70.1. The number of H-pyrrole nitrogens is 1. The number of hydrogen-bond acceptors (Lipinski definition) is 6. The molecule has 14 heteroatoms. The first-order valence-electron chi connectivity index (χ1n) is 13.3. The molecule has 1 aliphatic rings. The van der Waals surface area contributed by atoms with Gasteiger partial charge in [0, 0.05) is 41.4 Å². The van der Waals surface area contributed by atoms with Crippen LogP contribution in [0.2, 0.25) is 0 Å². The van der Waals surface area contributed by atoms with Crippen molar-refractivity contribution in [3.63, 3.8) is 0 Å². The minimum atomic E-state index is -1.41. The Bertz CT molecular complexity index is 1550. The second-order valence-corrected chi connectivity index (χ2v) is 9.82. The normalized spacial score (nSPS) is 20.6. The van der Waals surface area contributed by atoms with Gasteiger partial charge in [0.2, 0.25) is 23.6 Å². The first-order chi connectivity index (χ1) is 20.2. The van der Waals surface area contributed by atoms with E-state index in [2.05, 4.69) is 36.3 Å². The molecule has 14 nitrogen and oxygen atoms in total. The number of nitrogens with zero attached hydrogens (tertiary/aromatic N) is 3. The van der Waals surface area contributed by atoms with E-state index < -0.39 is 54.3 Å². The highest BCUT2D eigenvalue weighted by Crippen LogP contribution is 2.19. The molecule has 218 valence electrons. The van der Waals surface area contributed by atoms with E-state index in [4.69, 9.17) is 5.53 Å². The molecule has 0 spiro atoms. The number of rotatable bonds is 5. The van der Waals surface area contributed by atoms with Crippen LogP contribution in [-0.2, 0) is 43.4 Å². The highest BCUT2D eigenvalue weighted by molar-refractivity contribution is 5.95. The third-order valence-corrected chi connectivity index (χ3v) is 6.93. The number of fused-ring (bicyclic) bond motifs is 2. The van der Waals surface area contributed by atoms with Gasteiger partial charge in [0.15, 0.2) is 0 Å². The quantitative estimate of drug-likeness (QED) is 0.149. The molecule has 0 radical (unpaired) electrons. The van der Waals surface area contributed by atoms with Crippen molar-refractivity contribution >= 4 is 40.5 Å². The maximum atomic E-state index is 13.4. The molecule has 2 aromatic carbocycles. The highest BCUT2D eigenvalue weighted by Gasteiger charge is 2.30. The maximum absolute atomic E-state index is 13.4. The number of aliphatic carboxylic acids is 1. The van der Waals surface area contributed by atoms with Crippen molar-refractivity contribution in [2.24, 2.45) is 5.11 Å². The topological polar surface area (TPSA) is 218 Å². The number of benzene rings is 2. The van der Waals surface area contributed by atoms with Crippen LogP contribution < -0.4 is 21.3 Å². The van der Waals surface area contributed by atoms with Gasteiger partial charge < -0.3 is 31.4 Å². The second-order valence-electron chi connectivity index (χ2n) is 9.82. The van der Waals surface area contributed by atoms with Crippen LogP contribution in [0.1, 0.15) is 29.5 Å². The molecular formula is C28H30N8O6. The molecule has 4 rings (SSSR count). The number of carbonyl (C=O) groups is 5. The van der Waals surface area contributed by atoms with E-state index in [9.17, 15) is 29.1 Å². The van der Waals surface area contributed by atoms with Crippen molar-refractivity contribution in [3.05, 3.63) is 81.9 Å². The monoisotopic (exact) mass is 574 g/mol. The molecule has 3 aromatic rings. The van der Waals surface area contributed by atoms with Crippen LogP contribution in [0.5, 0.6) is 0 Å². The number of para-hydroxylation sites is 1. The zero-order chi connectivity index (χ0) is 30.1. The van der Waals surface area contributed by atoms with Crippen LogP contribution in [0.3, 0.4) is 0 Å². The Morgan fingerprint density at radius 1 is 0.929 bits per heavy atom. The number of hydrogen-bond donors (Lipinski definition) is 6. The van der Waals surface area contributed by atoms with E-state index in [1.807, 2.05) is 24.3 Å². The Kier molecular flexibility index (Phi) is 9.74. The molecule has 42 heavy (non-hydrogen) atoms. The van der Waals surface area contributed by atoms with Crippen molar-refractivity contribution in [1.82, 2.24) is 26.3 Å². The molecule has 1 aliphatic heterocycles. The Morgan fingerprint density at radius 3 is 2.40 bits per heavy atom. The Morgan fingerprint density at radius 2 is 1.64 bits per heavy atom. The molecule has 0 fully saturated rings. The minimum absolute atomic E-state index is 0.0238. The van der Waals surface area contributed by atoms with Gasteiger partial charge >= 0.3 is 5.97 Å². The van der Waals surface area contributed by atoms with Crippen LogP contribution >= 0.6 is 0 Å². The molecule has 4 amide bonds. The lowest BCUT2D eigenvalue weighted by atomic mass is 10.0. The Balaban J connectivity index is 1.67. The first-order valence-corrected chi connectivity index (χ1v) is 13.3. The first kappa shape index (κ1) is 29.6. The number of carboxylic acid groups (broad SMARTS) is 1. The number of carbonyl (C=O) groups excluding carboxylic acids is 4. The molecule has 1 aromatic heterocycles. The summed E-state index contributed by atoms with van der Waals surface area (Å²) in [5.74, 6) is -3.92. The van der Waals surface area contributed by atoms with Gasteiger partial charge in [-0.25, -0.2) is 4.79 Å². The van der Waals surface area contributed by atoms with Crippen LogP contribution in [0.15, 0.2) is 59.8 Å². The van der Waals surface area contributed by atoms with Crippen molar-refractivity contribution in [1.29, 1.82) is 0 Å². The molecule has 3 atom stereocenters. The molecular weight excluding hydrogens is 544 g/mol. The van der Waals surface area contributed by atoms with Crippen LogP contribution in [0.25, 0.3) is 21.3 Å². The average molecular weight is 575 g/mol. The zero-order valence-electron chi connectivity index (χ0n) is 22.5. The minimum Gasteiger partial charge on any atom is -0.480 e. The summed E-state index contributed by atoms with van der Waals surface area (Å²) < 4.78 is 0. The summed E-state index contributed by atoms with van der Waals surface area (Å²) in [6.45, 7) is -0.341. The number of carboxylic acids is 1. The predicted octanol–water partition coefficient (Wildman–Crippen LogP) is 1.21. The molecule has 0 bridgehead atoms. The van der Waals surface area contributed by atoms with Crippen LogP contribution in [0, 0.1) is 0 Å². The zero-order valence-corrected chi connectivity index (χ0v) is 22.5. The van der Waals surface area contributed by atoms with E-state index in [0.29, 0.717) is 16.7 Å². The van der Waals surface area contributed by atoms with E-state index in [0.717, 1.165) is 10.9 Å². The van der Waals surface area contributed by atoms with Crippen molar-refractivity contribution in [3.8, 4) is 0 Å². The molecule has 0 unspecified atom stereocenters. The summed E-state index contributed by atoms with van der Waals surface area (Å²) in [5, 5.41) is 24.3. The van der Waals surface area contributed by atoms with Crippen molar-refractivity contribution in [2.45, 2.75) is 50.4 Å². The van der Waals surface area contributed by atoms with Gasteiger partial charge in [-0.2, -0.15) is 0 Å².